The average Bonchev–Trinajstić information content (AvgIpc) is 3.24. The number of ether oxygens (including phenoxy) is 3. The summed E-state index contributed by atoms with van der Waals surface area (Å²) in [6, 6.07) is 2.68. The molecule has 4 rings (SSSR count). The number of benzene rings is 1. The normalized spacial score (nSPS) is 15.7. The molecule has 0 aliphatic heterocycles. The Labute approximate surface area is 232 Å². The first-order valence-electron chi connectivity index (χ1n) is 12.3. The SMILES string of the molecule is CC.CCCOC.COc1cc(OC)c(Cl)c(-c2nc(NC3CCC(F)(F)C3)c3cc(N)ncc3n2)c1Cl. The molecular weight excluding hydrogens is 539 g/mol. The highest BCUT2D eigenvalue weighted by Gasteiger charge is 2.39. The van der Waals surface area contributed by atoms with Crippen LogP contribution in [-0.2, 0) is 4.74 Å². The minimum absolute atomic E-state index is 0.165. The lowest BCUT2D eigenvalue weighted by atomic mass is 10.1. The molecule has 210 valence electrons. The molecule has 0 bridgehead atoms. The van der Waals surface area contributed by atoms with Crippen molar-refractivity contribution in [3.8, 4) is 22.9 Å². The van der Waals surface area contributed by atoms with Crippen molar-refractivity contribution in [2.24, 2.45) is 0 Å². The van der Waals surface area contributed by atoms with Gasteiger partial charge in [0.15, 0.2) is 5.82 Å². The maximum atomic E-state index is 13.7. The molecular formula is C26H35Cl2F2N5O3. The number of pyridine rings is 1. The number of nitrogens with two attached hydrogens (primary N) is 1. The Morgan fingerprint density at radius 2 is 1.71 bits per heavy atom. The minimum Gasteiger partial charge on any atom is -0.495 e. The summed E-state index contributed by atoms with van der Waals surface area (Å²) >= 11 is 13.0. The van der Waals surface area contributed by atoms with Gasteiger partial charge in [0.05, 0.1) is 41.5 Å². The first-order valence-corrected chi connectivity index (χ1v) is 13.1. The molecule has 1 aliphatic carbocycles. The fraction of sp³-hybridized carbons (Fsp3) is 0.500. The first-order chi connectivity index (χ1) is 18.1. The molecule has 3 N–H and O–H groups in total. The predicted octanol–water partition coefficient (Wildman–Crippen LogP) is 7.27. The summed E-state index contributed by atoms with van der Waals surface area (Å²) in [5.74, 6) is -1.31. The zero-order chi connectivity index (χ0) is 28.5. The Morgan fingerprint density at radius 3 is 2.18 bits per heavy atom. The van der Waals surface area contributed by atoms with Crippen molar-refractivity contribution in [1.29, 1.82) is 0 Å². The lowest BCUT2D eigenvalue weighted by Crippen LogP contribution is -2.20. The Kier molecular flexibility index (Phi) is 12.0. The second-order valence-electron chi connectivity index (χ2n) is 8.24. The van der Waals surface area contributed by atoms with Gasteiger partial charge in [0.1, 0.15) is 23.1 Å². The molecule has 2 heterocycles. The van der Waals surface area contributed by atoms with E-state index in [2.05, 4.69) is 27.2 Å². The maximum absolute atomic E-state index is 13.7. The van der Waals surface area contributed by atoms with Gasteiger partial charge < -0.3 is 25.3 Å². The summed E-state index contributed by atoms with van der Waals surface area (Å²) < 4.78 is 42.8. The number of anilines is 2. The van der Waals surface area contributed by atoms with Crippen LogP contribution in [0.1, 0.15) is 46.5 Å². The smallest absolute Gasteiger partial charge is 0.250 e. The van der Waals surface area contributed by atoms with E-state index in [-0.39, 0.29) is 40.1 Å². The number of nitrogen functional groups attached to an aromatic ring is 1. The van der Waals surface area contributed by atoms with Crippen molar-refractivity contribution in [3.05, 3.63) is 28.4 Å². The quantitative estimate of drug-likeness (QED) is 0.304. The second kappa shape index (κ2) is 14.5. The number of alkyl halides is 2. The van der Waals surface area contributed by atoms with Crippen LogP contribution in [0.25, 0.3) is 22.3 Å². The van der Waals surface area contributed by atoms with Gasteiger partial charge in [-0.15, -0.1) is 0 Å². The third kappa shape index (κ3) is 7.68. The van der Waals surface area contributed by atoms with Gasteiger partial charge in [-0.1, -0.05) is 44.0 Å². The van der Waals surface area contributed by atoms with Crippen LogP contribution in [0.2, 0.25) is 10.0 Å². The standard InChI is InChI=1S/C20H19Cl2F2N5O2.C4H10O.C2H6/c1-30-12-6-13(31-2)17(22)15(16(12)21)19-28-11-8-26-14(25)5-10(11)18(29-19)27-9-3-4-20(23,24)7-9;1-3-4-5-2;1-2/h5-6,8-9H,3-4,7H2,1-2H3,(H2,25,26)(H,27,28,29);3-4H2,1-2H3;1-2H3. The lowest BCUT2D eigenvalue weighted by Gasteiger charge is -2.18. The van der Waals surface area contributed by atoms with Crippen LogP contribution >= 0.6 is 23.2 Å². The number of nitrogens with zero attached hydrogens (tertiary/aromatic N) is 3. The van der Waals surface area contributed by atoms with E-state index in [0.717, 1.165) is 13.0 Å². The number of nitrogens with one attached hydrogen (secondary N) is 1. The van der Waals surface area contributed by atoms with Crippen LogP contribution in [0.3, 0.4) is 0 Å². The van der Waals surface area contributed by atoms with Crippen molar-refractivity contribution in [2.45, 2.75) is 58.4 Å². The van der Waals surface area contributed by atoms with Crippen LogP contribution in [0.5, 0.6) is 11.5 Å². The van der Waals surface area contributed by atoms with E-state index in [0.29, 0.717) is 34.6 Å². The highest BCUT2D eigenvalue weighted by atomic mass is 35.5. The zero-order valence-corrected chi connectivity index (χ0v) is 24.0. The molecule has 0 amide bonds. The Morgan fingerprint density at radius 1 is 1.08 bits per heavy atom. The Balaban J connectivity index is 0.000000651. The van der Waals surface area contributed by atoms with Crippen molar-refractivity contribution in [3.63, 3.8) is 0 Å². The van der Waals surface area contributed by atoms with E-state index in [1.807, 2.05) is 13.8 Å². The van der Waals surface area contributed by atoms with Crippen LogP contribution in [0.15, 0.2) is 18.3 Å². The van der Waals surface area contributed by atoms with Gasteiger partial charge in [-0.2, -0.15) is 0 Å². The fourth-order valence-electron chi connectivity index (χ4n) is 3.82. The highest BCUT2D eigenvalue weighted by Crippen LogP contribution is 2.46. The van der Waals surface area contributed by atoms with E-state index in [1.165, 1.54) is 20.4 Å². The molecule has 0 radical (unpaired) electrons. The molecule has 3 aromatic rings. The van der Waals surface area contributed by atoms with E-state index in [4.69, 9.17) is 43.1 Å². The molecule has 1 unspecified atom stereocenters. The summed E-state index contributed by atoms with van der Waals surface area (Å²) in [5.41, 5.74) is 6.56. The van der Waals surface area contributed by atoms with E-state index in [1.54, 1.807) is 19.2 Å². The molecule has 38 heavy (non-hydrogen) atoms. The molecule has 1 aromatic carbocycles. The van der Waals surface area contributed by atoms with Crippen molar-refractivity contribution < 1.29 is 23.0 Å². The number of fused-ring (bicyclic) bond motifs is 1. The van der Waals surface area contributed by atoms with Gasteiger partial charge in [0, 0.05) is 44.1 Å². The predicted molar refractivity (Wildman–Crippen MR) is 150 cm³/mol. The van der Waals surface area contributed by atoms with Gasteiger partial charge in [-0.3, -0.25) is 0 Å². The van der Waals surface area contributed by atoms with Crippen LogP contribution < -0.4 is 20.5 Å². The molecule has 2 aromatic heterocycles. The minimum atomic E-state index is -2.71. The number of aromatic nitrogens is 3. The molecule has 1 aliphatic rings. The van der Waals surface area contributed by atoms with Gasteiger partial charge >= 0.3 is 0 Å². The molecule has 1 saturated carbocycles. The maximum Gasteiger partial charge on any atom is 0.250 e. The summed E-state index contributed by atoms with van der Waals surface area (Å²) in [4.78, 5) is 13.2. The topological polar surface area (TPSA) is 104 Å². The van der Waals surface area contributed by atoms with Crippen LogP contribution in [0, 0.1) is 0 Å². The summed E-state index contributed by atoms with van der Waals surface area (Å²) in [7, 11) is 4.63. The molecule has 8 nitrogen and oxygen atoms in total. The van der Waals surface area contributed by atoms with Crippen molar-refractivity contribution >= 4 is 45.7 Å². The van der Waals surface area contributed by atoms with E-state index in [9.17, 15) is 8.78 Å². The number of methoxy groups -OCH3 is 3. The van der Waals surface area contributed by atoms with Crippen LogP contribution in [-0.4, -0.2) is 54.9 Å². The molecule has 0 spiro atoms. The lowest BCUT2D eigenvalue weighted by molar-refractivity contribution is 0.00852. The van der Waals surface area contributed by atoms with Crippen LogP contribution in [0.4, 0.5) is 20.4 Å². The van der Waals surface area contributed by atoms with E-state index < -0.39 is 12.0 Å². The van der Waals surface area contributed by atoms with E-state index >= 15 is 0 Å². The Hall–Kier alpha value is -2.69. The van der Waals surface area contributed by atoms with Crippen molar-refractivity contribution in [2.75, 3.05) is 39.0 Å². The van der Waals surface area contributed by atoms with Gasteiger partial charge in [0.2, 0.25) is 5.92 Å². The number of hydrogen-bond donors (Lipinski definition) is 2. The zero-order valence-electron chi connectivity index (χ0n) is 22.5. The summed E-state index contributed by atoms with van der Waals surface area (Å²) in [6.45, 7) is 6.98. The molecule has 1 atom stereocenters. The average molecular weight is 575 g/mol. The molecule has 12 heteroatoms. The third-order valence-electron chi connectivity index (χ3n) is 5.55. The number of halogens is 4. The first kappa shape index (κ1) is 31.5. The van der Waals surface area contributed by atoms with Gasteiger partial charge in [-0.25, -0.2) is 23.7 Å². The van der Waals surface area contributed by atoms with Crippen molar-refractivity contribution in [1.82, 2.24) is 15.0 Å². The number of rotatable bonds is 7. The Bertz CT molecular complexity index is 1190. The van der Waals surface area contributed by atoms with Gasteiger partial charge in [-0.05, 0) is 18.9 Å². The summed E-state index contributed by atoms with van der Waals surface area (Å²) in [5, 5.41) is 4.04. The van der Waals surface area contributed by atoms with Gasteiger partial charge in [0.25, 0.3) is 0 Å². The third-order valence-corrected chi connectivity index (χ3v) is 6.30. The number of hydrogen-bond acceptors (Lipinski definition) is 8. The fourth-order valence-corrected chi connectivity index (χ4v) is 4.49. The monoisotopic (exact) mass is 573 g/mol. The largest absolute Gasteiger partial charge is 0.495 e. The molecule has 0 saturated heterocycles. The summed E-state index contributed by atoms with van der Waals surface area (Å²) in [6.07, 6.45) is 2.43. The second-order valence-corrected chi connectivity index (χ2v) is 8.99. The molecule has 1 fully saturated rings. The highest BCUT2D eigenvalue weighted by molar-refractivity contribution is 6.41.